The van der Waals surface area contributed by atoms with Crippen LogP contribution in [0, 0.1) is 0 Å². The molecule has 0 aliphatic heterocycles. The van der Waals surface area contributed by atoms with Gasteiger partial charge in [0.25, 0.3) is 0 Å². The van der Waals surface area contributed by atoms with Crippen LogP contribution >= 0.6 is 11.3 Å². The Morgan fingerprint density at radius 3 is 2.10 bits per heavy atom. The van der Waals surface area contributed by atoms with E-state index in [-0.39, 0.29) is 51.3 Å². The van der Waals surface area contributed by atoms with E-state index >= 15 is 0 Å². The zero-order chi connectivity index (χ0) is 41.3. The fourth-order valence-electron chi connectivity index (χ4n) is 7.02. The van der Waals surface area contributed by atoms with E-state index in [1.54, 1.807) is 34.1 Å². The Labute approximate surface area is 308 Å². The summed E-state index contributed by atoms with van der Waals surface area (Å²) in [6, 6.07) is 28.4. The minimum atomic E-state index is -0.551. The monoisotopic (exact) mass is 679 g/mol. The number of para-hydroxylation sites is 2. The van der Waals surface area contributed by atoms with Gasteiger partial charge in [-0.2, -0.15) is 9.97 Å². The first-order chi connectivity index (χ1) is 29.0. The van der Waals surface area contributed by atoms with Crippen LogP contribution in [-0.2, 0) is 0 Å². The summed E-state index contributed by atoms with van der Waals surface area (Å²) in [5.74, 6) is 0.613. The second kappa shape index (κ2) is 10.9. The highest BCUT2D eigenvalue weighted by Gasteiger charge is 2.21. The molecule has 4 heterocycles. The smallest absolute Gasteiger partial charge is 0.238 e. The van der Waals surface area contributed by atoms with Crippen LogP contribution in [0.1, 0.15) is 12.3 Å². The van der Waals surface area contributed by atoms with Gasteiger partial charge in [-0.15, -0.1) is 11.3 Å². The summed E-state index contributed by atoms with van der Waals surface area (Å²) in [4.78, 5) is 15.1. The molecule has 4 aromatic heterocycles. The molecule has 11 aromatic rings. The predicted molar refractivity (Wildman–Crippen MR) is 211 cm³/mol. The zero-order valence-electron chi connectivity index (χ0n) is 35.4. The van der Waals surface area contributed by atoms with Gasteiger partial charge in [0, 0.05) is 52.8 Å². The molecular formula is C45H26N4OS. The summed E-state index contributed by atoms with van der Waals surface area (Å²) in [5.41, 5.74) is 3.11. The average molecular weight is 680 g/mol. The number of rotatable bonds is 4. The highest BCUT2D eigenvalue weighted by atomic mass is 32.1. The van der Waals surface area contributed by atoms with Gasteiger partial charge in [-0.05, 0) is 53.6 Å². The number of thiophene rings is 1. The van der Waals surface area contributed by atoms with Crippen molar-refractivity contribution in [2.24, 2.45) is 0 Å². The van der Waals surface area contributed by atoms with Crippen LogP contribution in [0.3, 0.4) is 0 Å². The Balaban J connectivity index is 1.25. The molecule has 0 saturated carbocycles. The largest absolute Gasteiger partial charge is 0.456 e. The van der Waals surface area contributed by atoms with E-state index in [9.17, 15) is 2.74 Å². The van der Waals surface area contributed by atoms with Gasteiger partial charge in [-0.25, -0.2) is 4.98 Å². The Hall–Kier alpha value is -6.63. The highest BCUT2D eigenvalue weighted by molar-refractivity contribution is 7.25. The molecule has 5 nitrogen and oxygen atoms in total. The third-order valence-electron chi connectivity index (χ3n) is 9.29. The molecular weight excluding hydrogens is 645 g/mol. The van der Waals surface area contributed by atoms with Crippen molar-refractivity contribution in [2.45, 2.75) is 0 Å². The van der Waals surface area contributed by atoms with Crippen molar-refractivity contribution in [3.05, 3.63) is 158 Å². The normalized spacial score (nSPS) is 14.4. The van der Waals surface area contributed by atoms with Crippen molar-refractivity contribution in [2.75, 3.05) is 0 Å². The molecule has 0 fully saturated rings. The number of nitrogens with zero attached hydrogens (tertiary/aromatic N) is 4. The maximum absolute atomic E-state index is 9.27. The molecule has 0 spiro atoms. The molecule has 11 rings (SSSR count). The van der Waals surface area contributed by atoms with Gasteiger partial charge in [0.15, 0.2) is 11.6 Å². The van der Waals surface area contributed by atoms with Crippen LogP contribution in [0.15, 0.2) is 162 Å². The number of fused-ring (bicyclic) bond motifs is 9. The summed E-state index contributed by atoms with van der Waals surface area (Å²) in [6.45, 7) is 0. The Morgan fingerprint density at radius 1 is 0.510 bits per heavy atom. The standard InChI is InChI=1S/C45H26N4OS/c1-2-11-27(12-3-1)30-16-10-18-37-42(30)35-15-4-7-17-36(35)49(37)45-47-43(28-21-23-32-31-13-5-8-19-38(31)50-39(32)25-28)46-44(48-45)29-22-24-34-33-14-6-9-20-40(33)51-41(34)26-29/h1-26H/i1D,2D,3D,4D,7D,11D,12D,15D,17D. The lowest BCUT2D eigenvalue weighted by molar-refractivity contribution is 0.669. The third-order valence-corrected chi connectivity index (χ3v) is 10.4. The van der Waals surface area contributed by atoms with Gasteiger partial charge in [-0.1, -0.05) is 115 Å². The maximum Gasteiger partial charge on any atom is 0.238 e. The van der Waals surface area contributed by atoms with E-state index in [0.717, 1.165) is 36.5 Å². The first-order valence-electron chi connectivity index (χ1n) is 20.7. The summed E-state index contributed by atoms with van der Waals surface area (Å²) in [7, 11) is 0. The van der Waals surface area contributed by atoms with E-state index in [4.69, 9.17) is 29.0 Å². The molecule has 238 valence electrons. The molecule has 6 heteroatoms. The molecule has 0 radical (unpaired) electrons. The van der Waals surface area contributed by atoms with Crippen LogP contribution in [-0.4, -0.2) is 19.5 Å². The average Bonchev–Trinajstić information content (AvgIpc) is 3.95. The fraction of sp³-hybridized carbons (Fsp3) is 0. The molecule has 0 N–H and O–H groups in total. The van der Waals surface area contributed by atoms with Gasteiger partial charge in [0.05, 0.1) is 23.4 Å². The van der Waals surface area contributed by atoms with Crippen LogP contribution in [0.2, 0.25) is 0 Å². The Bertz CT molecular complexity index is 3530. The van der Waals surface area contributed by atoms with Gasteiger partial charge in [-0.3, -0.25) is 4.57 Å². The summed E-state index contributed by atoms with van der Waals surface area (Å²) >= 11 is 1.65. The Kier molecular flexibility index (Phi) is 4.46. The Morgan fingerprint density at radius 2 is 1.22 bits per heavy atom. The summed E-state index contributed by atoms with van der Waals surface area (Å²) in [5, 5.41) is 4.42. The maximum atomic E-state index is 9.27. The SMILES string of the molecule is [2H]c1c([2H])c([2H])c(-c2cccc3c2c2c([2H])c([2H])c([2H])c([2H])c2n3-c2nc(-c3ccc4c(c3)oc3ccccc34)nc(-c3ccc4c(c3)sc3ccccc34)n2)c([2H])c1[2H]. The number of aromatic nitrogens is 4. The van der Waals surface area contributed by atoms with E-state index in [0.29, 0.717) is 28.1 Å². The minimum absolute atomic E-state index is 0.0411. The molecule has 0 saturated heterocycles. The number of benzene rings is 7. The predicted octanol–water partition coefficient (Wildman–Crippen LogP) is 12.2. The van der Waals surface area contributed by atoms with Crippen molar-refractivity contribution >= 4 is 75.3 Å². The van der Waals surface area contributed by atoms with Gasteiger partial charge in [0.2, 0.25) is 5.95 Å². The van der Waals surface area contributed by atoms with Crippen molar-refractivity contribution in [3.8, 4) is 39.9 Å². The van der Waals surface area contributed by atoms with E-state index in [1.807, 2.05) is 72.8 Å². The molecule has 7 aromatic carbocycles. The van der Waals surface area contributed by atoms with Crippen LogP contribution in [0.25, 0.3) is 104 Å². The van der Waals surface area contributed by atoms with Crippen LogP contribution < -0.4 is 0 Å². The molecule has 0 bridgehead atoms. The van der Waals surface area contributed by atoms with Gasteiger partial charge >= 0.3 is 0 Å². The van der Waals surface area contributed by atoms with Crippen LogP contribution in [0.5, 0.6) is 0 Å². The number of hydrogen-bond donors (Lipinski definition) is 0. The first-order valence-corrected chi connectivity index (χ1v) is 17.0. The first kappa shape index (κ1) is 20.8. The molecule has 51 heavy (non-hydrogen) atoms. The van der Waals surface area contributed by atoms with Crippen molar-refractivity contribution in [1.29, 1.82) is 0 Å². The molecule has 0 amide bonds. The van der Waals surface area contributed by atoms with Crippen molar-refractivity contribution in [1.82, 2.24) is 19.5 Å². The van der Waals surface area contributed by atoms with Crippen molar-refractivity contribution < 1.29 is 16.8 Å². The lowest BCUT2D eigenvalue weighted by atomic mass is 9.99. The second-order valence-corrected chi connectivity index (χ2v) is 13.2. The fourth-order valence-corrected chi connectivity index (χ4v) is 8.16. The molecule has 0 aliphatic carbocycles. The topological polar surface area (TPSA) is 56.7 Å². The molecule has 0 atom stereocenters. The second-order valence-electron chi connectivity index (χ2n) is 12.2. The van der Waals surface area contributed by atoms with Crippen LogP contribution in [0.4, 0.5) is 0 Å². The van der Waals surface area contributed by atoms with Gasteiger partial charge < -0.3 is 4.42 Å². The number of furan rings is 1. The summed E-state index contributed by atoms with van der Waals surface area (Å²) in [6.07, 6.45) is 0. The highest BCUT2D eigenvalue weighted by Crippen LogP contribution is 2.40. The van der Waals surface area contributed by atoms with E-state index < -0.39 is 42.3 Å². The molecule has 0 unspecified atom stereocenters. The summed E-state index contributed by atoms with van der Waals surface area (Å²) < 4.78 is 88.7. The van der Waals surface area contributed by atoms with E-state index in [1.165, 1.54) is 0 Å². The molecule has 0 aliphatic rings. The third kappa shape index (κ3) is 4.37. The minimum Gasteiger partial charge on any atom is -0.456 e. The van der Waals surface area contributed by atoms with Crippen molar-refractivity contribution in [3.63, 3.8) is 0 Å². The lowest BCUT2D eigenvalue weighted by Gasteiger charge is -2.11. The lowest BCUT2D eigenvalue weighted by Crippen LogP contribution is -2.06. The van der Waals surface area contributed by atoms with E-state index in [2.05, 4.69) is 12.1 Å². The zero-order valence-corrected chi connectivity index (χ0v) is 27.2. The number of hydrogen-bond acceptors (Lipinski definition) is 5. The van der Waals surface area contributed by atoms with Gasteiger partial charge in [0.1, 0.15) is 11.2 Å². The quantitative estimate of drug-likeness (QED) is 0.186.